The highest BCUT2D eigenvalue weighted by Gasteiger charge is 2.29. The van der Waals surface area contributed by atoms with Gasteiger partial charge in [-0.3, -0.25) is 4.90 Å². The van der Waals surface area contributed by atoms with Gasteiger partial charge in [0.1, 0.15) is 11.4 Å². The Morgan fingerprint density at radius 2 is 2.06 bits per heavy atom. The molecule has 18 heavy (non-hydrogen) atoms. The summed E-state index contributed by atoms with van der Waals surface area (Å²) in [7, 11) is 0. The topological polar surface area (TPSA) is 49.8 Å². The predicted molar refractivity (Wildman–Crippen MR) is 71.3 cm³/mol. The van der Waals surface area contributed by atoms with Crippen molar-refractivity contribution >= 4 is 22.0 Å². The molecule has 0 atom stereocenters. The fourth-order valence-electron chi connectivity index (χ4n) is 1.90. The van der Waals surface area contributed by atoms with Crippen molar-refractivity contribution in [1.29, 1.82) is 0 Å². The lowest BCUT2D eigenvalue weighted by atomic mass is 10.1. The van der Waals surface area contributed by atoms with E-state index in [1.807, 2.05) is 20.8 Å². The molecule has 1 N–H and O–H groups in total. The Morgan fingerprint density at radius 3 is 2.67 bits per heavy atom. The van der Waals surface area contributed by atoms with Crippen LogP contribution in [0, 0.1) is 0 Å². The Balaban J connectivity index is 2.15. The first-order chi connectivity index (χ1) is 8.26. The Bertz CT molecular complexity index is 494. The van der Waals surface area contributed by atoms with Gasteiger partial charge in [-0.05, 0) is 44.0 Å². The molecule has 0 saturated carbocycles. The molecular weight excluding hydrogens is 298 g/mol. The summed E-state index contributed by atoms with van der Waals surface area (Å²) in [6, 6.07) is 3.32. The van der Waals surface area contributed by atoms with Gasteiger partial charge < -0.3 is 9.84 Å². The first kappa shape index (κ1) is 13.2. The monoisotopic (exact) mass is 313 g/mol. The molecule has 1 aromatic carbocycles. The van der Waals surface area contributed by atoms with Gasteiger partial charge in [-0.15, -0.1) is 0 Å². The van der Waals surface area contributed by atoms with Crippen molar-refractivity contribution in [3.8, 4) is 5.75 Å². The van der Waals surface area contributed by atoms with E-state index in [9.17, 15) is 9.90 Å². The lowest BCUT2D eigenvalue weighted by Gasteiger charge is -2.24. The molecule has 1 amide bonds. The molecule has 4 nitrogen and oxygen atoms in total. The van der Waals surface area contributed by atoms with Crippen LogP contribution in [0.15, 0.2) is 16.6 Å². The molecule has 0 radical (unpaired) electrons. The number of hydrogen-bond donors (Lipinski definition) is 1. The number of fused-ring (bicyclic) bond motifs is 1. The second-order valence-electron chi connectivity index (χ2n) is 5.40. The maximum atomic E-state index is 12.0. The van der Waals surface area contributed by atoms with Crippen LogP contribution < -0.4 is 0 Å². The Labute approximate surface area is 115 Å². The van der Waals surface area contributed by atoms with Gasteiger partial charge in [0, 0.05) is 11.0 Å². The van der Waals surface area contributed by atoms with Crippen LogP contribution in [0.25, 0.3) is 0 Å². The van der Waals surface area contributed by atoms with Crippen LogP contribution >= 0.6 is 15.9 Å². The Morgan fingerprint density at radius 1 is 1.39 bits per heavy atom. The number of carbonyl (C=O) groups is 1. The number of halogens is 1. The van der Waals surface area contributed by atoms with Crippen molar-refractivity contribution in [3.63, 3.8) is 0 Å². The molecule has 0 saturated heterocycles. The highest BCUT2D eigenvalue weighted by Crippen LogP contribution is 2.33. The SMILES string of the molecule is CC(C)(C)OC(=O)N1Cc2cc(O)cc(Br)c2C1. The van der Waals surface area contributed by atoms with Crippen LogP contribution in [-0.4, -0.2) is 21.7 Å². The van der Waals surface area contributed by atoms with Gasteiger partial charge in [-0.2, -0.15) is 0 Å². The number of hydrogen-bond acceptors (Lipinski definition) is 3. The first-order valence-electron chi connectivity index (χ1n) is 5.74. The summed E-state index contributed by atoms with van der Waals surface area (Å²) in [6.45, 7) is 6.50. The number of phenolic OH excluding ortho intramolecular Hbond substituents is 1. The first-order valence-corrected chi connectivity index (χ1v) is 6.54. The number of ether oxygens (including phenoxy) is 1. The predicted octanol–water partition coefficient (Wildman–Crippen LogP) is 3.41. The average Bonchev–Trinajstić information content (AvgIpc) is 2.58. The minimum absolute atomic E-state index is 0.201. The van der Waals surface area contributed by atoms with Crippen molar-refractivity contribution in [2.75, 3.05) is 0 Å². The van der Waals surface area contributed by atoms with E-state index in [0.29, 0.717) is 13.1 Å². The molecule has 0 fully saturated rings. The van der Waals surface area contributed by atoms with E-state index in [0.717, 1.165) is 15.6 Å². The zero-order chi connectivity index (χ0) is 13.5. The van der Waals surface area contributed by atoms with Gasteiger partial charge in [0.15, 0.2) is 0 Å². The third kappa shape index (κ3) is 2.77. The quantitative estimate of drug-likeness (QED) is 0.798. The summed E-state index contributed by atoms with van der Waals surface area (Å²) in [6.07, 6.45) is -0.329. The minimum Gasteiger partial charge on any atom is -0.508 e. The molecule has 1 aromatic rings. The number of benzene rings is 1. The van der Waals surface area contributed by atoms with E-state index in [2.05, 4.69) is 15.9 Å². The maximum absolute atomic E-state index is 12.0. The molecule has 1 aliphatic rings. The number of rotatable bonds is 0. The summed E-state index contributed by atoms with van der Waals surface area (Å²) in [4.78, 5) is 13.6. The van der Waals surface area contributed by atoms with Crippen molar-refractivity contribution < 1.29 is 14.6 Å². The third-order valence-corrected chi connectivity index (χ3v) is 3.34. The van der Waals surface area contributed by atoms with Crippen molar-refractivity contribution in [2.24, 2.45) is 0 Å². The standard InChI is InChI=1S/C13H16BrNO3/c1-13(2,3)18-12(17)15-6-8-4-9(16)5-11(14)10(8)7-15/h4-5,16H,6-7H2,1-3H3. The second-order valence-corrected chi connectivity index (χ2v) is 6.26. The zero-order valence-electron chi connectivity index (χ0n) is 10.7. The van der Waals surface area contributed by atoms with E-state index < -0.39 is 5.60 Å². The number of aromatic hydroxyl groups is 1. The van der Waals surface area contributed by atoms with Crippen LogP contribution in [0.1, 0.15) is 31.9 Å². The molecule has 5 heteroatoms. The minimum atomic E-state index is -0.495. The largest absolute Gasteiger partial charge is 0.508 e. The molecule has 0 bridgehead atoms. The number of amides is 1. The second kappa shape index (κ2) is 4.46. The van der Waals surface area contributed by atoms with E-state index in [1.165, 1.54) is 0 Å². The van der Waals surface area contributed by atoms with Gasteiger partial charge in [-0.25, -0.2) is 4.79 Å². The van der Waals surface area contributed by atoms with E-state index in [4.69, 9.17) is 4.74 Å². The molecule has 1 aliphatic heterocycles. The van der Waals surface area contributed by atoms with Crippen LogP contribution in [-0.2, 0) is 17.8 Å². The van der Waals surface area contributed by atoms with Gasteiger partial charge in [0.05, 0.1) is 6.54 Å². The fourth-order valence-corrected chi connectivity index (χ4v) is 2.52. The summed E-state index contributed by atoms with van der Waals surface area (Å²) >= 11 is 3.40. The number of phenols is 1. The fraction of sp³-hybridized carbons (Fsp3) is 0.462. The summed E-state index contributed by atoms with van der Waals surface area (Å²) in [5.74, 6) is 0.201. The molecule has 0 aliphatic carbocycles. The van der Waals surface area contributed by atoms with E-state index in [1.54, 1.807) is 17.0 Å². The highest BCUT2D eigenvalue weighted by atomic mass is 79.9. The third-order valence-electron chi connectivity index (χ3n) is 2.63. The van der Waals surface area contributed by atoms with Crippen LogP contribution in [0.4, 0.5) is 4.79 Å². The Kier molecular flexibility index (Phi) is 3.27. The summed E-state index contributed by atoms with van der Waals surface area (Å²) in [5.41, 5.74) is 1.48. The van der Waals surface area contributed by atoms with Gasteiger partial charge in [-0.1, -0.05) is 15.9 Å². The number of carbonyl (C=O) groups excluding carboxylic acids is 1. The smallest absolute Gasteiger partial charge is 0.410 e. The summed E-state index contributed by atoms with van der Waals surface area (Å²) < 4.78 is 6.15. The lowest BCUT2D eigenvalue weighted by Crippen LogP contribution is -2.33. The van der Waals surface area contributed by atoms with Gasteiger partial charge in [0.2, 0.25) is 0 Å². The molecule has 2 rings (SSSR count). The molecule has 1 heterocycles. The maximum Gasteiger partial charge on any atom is 0.410 e. The summed E-state index contributed by atoms with van der Waals surface area (Å²) in [5, 5.41) is 9.52. The van der Waals surface area contributed by atoms with Crippen LogP contribution in [0.5, 0.6) is 5.75 Å². The van der Waals surface area contributed by atoms with Gasteiger partial charge >= 0.3 is 6.09 Å². The lowest BCUT2D eigenvalue weighted by molar-refractivity contribution is 0.0241. The zero-order valence-corrected chi connectivity index (χ0v) is 12.2. The number of nitrogens with zero attached hydrogens (tertiary/aromatic N) is 1. The molecular formula is C13H16BrNO3. The van der Waals surface area contributed by atoms with E-state index >= 15 is 0 Å². The van der Waals surface area contributed by atoms with Crippen molar-refractivity contribution in [1.82, 2.24) is 4.90 Å². The average molecular weight is 314 g/mol. The van der Waals surface area contributed by atoms with Crippen molar-refractivity contribution in [2.45, 2.75) is 39.5 Å². The van der Waals surface area contributed by atoms with E-state index in [-0.39, 0.29) is 11.8 Å². The Hall–Kier alpha value is -1.23. The highest BCUT2D eigenvalue weighted by molar-refractivity contribution is 9.10. The normalized spacial score (nSPS) is 14.6. The molecule has 98 valence electrons. The van der Waals surface area contributed by atoms with Crippen molar-refractivity contribution in [3.05, 3.63) is 27.7 Å². The van der Waals surface area contributed by atoms with Crippen LogP contribution in [0.3, 0.4) is 0 Å². The van der Waals surface area contributed by atoms with Gasteiger partial charge in [0.25, 0.3) is 0 Å². The molecule has 0 unspecified atom stereocenters. The molecule has 0 spiro atoms. The van der Waals surface area contributed by atoms with Crippen LogP contribution in [0.2, 0.25) is 0 Å². The molecule has 0 aromatic heterocycles.